The van der Waals surface area contributed by atoms with Crippen LogP contribution in [0.1, 0.15) is 70.4 Å². The van der Waals surface area contributed by atoms with Crippen molar-refractivity contribution in [3.63, 3.8) is 0 Å². The first-order chi connectivity index (χ1) is 19.5. The average Bonchev–Trinajstić information content (AvgIpc) is 3.52. The molecule has 1 N–H and O–H groups in total. The molecule has 11 nitrogen and oxygen atoms in total. The zero-order valence-electron chi connectivity index (χ0n) is 22.5. The minimum atomic E-state index is -0.769. The smallest absolute Gasteiger partial charge is 0.340 e. The first-order valence-corrected chi connectivity index (χ1v) is 13.0. The highest BCUT2D eigenvalue weighted by atomic mass is 16.5. The number of benzene rings is 2. The summed E-state index contributed by atoms with van der Waals surface area (Å²) < 4.78 is 16.3. The molecule has 40 heavy (non-hydrogen) atoms. The SMILES string of the molecule is CCCCOc1cc(C(=O)c2ncc(C(=O)OCC)cc2C(=O)OCC)ccc1-c1ccccc1-c1nn[nH]n1. The van der Waals surface area contributed by atoms with Crippen molar-refractivity contribution in [2.75, 3.05) is 19.8 Å². The number of unbranched alkanes of at least 4 members (excludes halogenated alkanes) is 1. The number of H-pyrrole nitrogens is 1. The molecule has 0 spiro atoms. The summed E-state index contributed by atoms with van der Waals surface area (Å²) in [7, 11) is 0. The number of carbonyl (C=O) groups excluding carboxylic acids is 3. The molecule has 0 radical (unpaired) electrons. The number of aromatic amines is 1. The lowest BCUT2D eigenvalue weighted by atomic mass is 9.95. The molecule has 0 aliphatic heterocycles. The van der Waals surface area contributed by atoms with E-state index >= 15 is 0 Å². The van der Waals surface area contributed by atoms with Gasteiger partial charge in [-0.15, -0.1) is 10.2 Å². The minimum Gasteiger partial charge on any atom is -0.493 e. The summed E-state index contributed by atoms with van der Waals surface area (Å²) >= 11 is 0. The van der Waals surface area contributed by atoms with Gasteiger partial charge in [-0.25, -0.2) is 9.59 Å². The van der Waals surface area contributed by atoms with Crippen molar-refractivity contribution in [3.8, 4) is 28.3 Å². The van der Waals surface area contributed by atoms with E-state index in [0.717, 1.165) is 29.5 Å². The van der Waals surface area contributed by atoms with E-state index in [1.165, 1.54) is 12.3 Å². The molecule has 2 heterocycles. The van der Waals surface area contributed by atoms with E-state index in [2.05, 4.69) is 32.5 Å². The van der Waals surface area contributed by atoms with Crippen molar-refractivity contribution in [2.45, 2.75) is 33.6 Å². The Bertz CT molecular complexity index is 1500. The van der Waals surface area contributed by atoms with Gasteiger partial charge in [-0.1, -0.05) is 43.7 Å². The summed E-state index contributed by atoms with van der Waals surface area (Å²) in [5.41, 5.74) is 2.26. The maximum Gasteiger partial charge on any atom is 0.340 e. The van der Waals surface area contributed by atoms with Gasteiger partial charge < -0.3 is 14.2 Å². The van der Waals surface area contributed by atoms with Crippen LogP contribution in [0.15, 0.2) is 54.7 Å². The fourth-order valence-electron chi connectivity index (χ4n) is 3.99. The number of nitrogens with one attached hydrogen (secondary N) is 1. The first kappa shape index (κ1) is 28.1. The van der Waals surface area contributed by atoms with Crippen molar-refractivity contribution in [1.82, 2.24) is 25.6 Å². The number of hydrogen-bond donors (Lipinski definition) is 1. The predicted octanol–water partition coefficient (Wildman–Crippen LogP) is 4.69. The fourth-order valence-corrected chi connectivity index (χ4v) is 3.99. The van der Waals surface area contributed by atoms with Gasteiger partial charge in [-0.05, 0) is 49.2 Å². The second kappa shape index (κ2) is 13.2. The van der Waals surface area contributed by atoms with Crippen LogP contribution >= 0.6 is 0 Å². The van der Waals surface area contributed by atoms with Gasteiger partial charge >= 0.3 is 11.9 Å². The Labute approximate surface area is 230 Å². The second-order valence-electron chi connectivity index (χ2n) is 8.58. The van der Waals surface area contributed by atoms with E-state index in [1.807, 2.05) is 24.3 Å². The Morgan fingerprint density at radius 3 is 2.30 bits per heavy atom. The molecule has 0 unspecified atom stereocenters. The number of tetrazole rings is 1. The number of ether oxygens (including phenoxy) is 3. The lowest BCUT2D eigenvalue weighted by molar-refractivity contribution is 0.0521. The Hall–Kier alpha value is -4.93. The molecule has 0 amide bonds. The topological polar surface area (TPSA) is 146 Å². The van der Waals surface area contributed by atoms with Crippen LogP contribution in [0.4, 0.5) is 0 Å². The van der Waals surface area contributed by atoms with Crippen LogP contribution in [0.5, 0.6) is 5.75 Å². The van der Waals surface area contributed by atoms with E-state index in [-0.39, 0.29) is 35.6 Å². The van der Waals surface area contributed by atoms with E-state index in [1.54, 1.807) is 32.0 Å². The van der Waals surface area contributed by atoms with Crippen molar-refractivity contribution in [2.24, 2.45) is 0 Å². The largest absolute Gasteiger partial charge is 0.493 e. The predicted molar refractivity (Wildman–Crippen MR) is 145 cm³/mol. The molecule has 2 aromatic heterocycles. The van der Waals surface area contributed by atoms with Crippen molar-refractivity contribution in [1.29, 1.82) is 0 Å². The summed E-state index contributed by atoms with van der Waals surface area (Å²) in [5.74, 6) is -1.07. The first-order valence-electron chi connectivity index (χ1n) is 13.0. The average molecular weight is 544 g/mol. The third-order valence-corrected chi connectivity index (χ3v) is 5.91. The normalized spacial score (nSPS) is 10.7. The lowest BCUT2D eigenvalue weighted by Gasteiger charge is -2.15. The van der Waals surface area contributed by atoms with E-state index in [0.29, 0.717) is 18.2 Å². The van der Waals surface area contributed by atoms with Gasteiger partial charge in [0.2, 0.25) is 11.6 Å². The Kier molecular flexibility index (Phi) is 9.29. The van der Waals surface area contributed by atoms with Crippen LogP contribution in [0.3, 0.4) is 0 Å². The summed E-state index contributed by atoms with van der Waals surface area (Å²) in [6.07, 6.45) is 2.95. The number of aromatic nitrogens is 5. The fraction of sp³-hybridized carbons (Fsp3) is 0.276. The lowest BCUT2D eigenvalue weighted by Crippen LogP contribution is -2.17. The third kappa shape index (κ3) is 6.20. The number of esters is 2. The number of carbonyl (C=O) groups is 3. The number of ketones is 1. The van der Waals surface area contributed by atoms with E-state index in [9.17, 15) is 14.4 Å². The zero-order chi connectivity index (χ0) is 28.5. The van der Waals surface area contributed by atoms with Crippen LogP contribution in [0, 0.1) is 0 Å². The van der Waals surface area contributed by atoms with Gasteiger partial charge in [0.05, 0.1) is 30.9 Å². The van der Waals surface area contributed by atoms with Crippen LogP contribution in [-0.2, 0) is 9.47 Å². The summed E-state index contributed by atoms with van der Waals surface area (Å²) in [4.78, 5) is 42.9. The molecule has 4 aromatic rings. The highest BCUT2D eigenvalue weighted by molar-refractivity contribution is 6.14. The molecule has 0 bridgehead atoms. The van der Waals surface area contributed by atoms with Crippen LogP contribution in [0.25, 0.3) is 22.5 Å². The van der Waals surface area contributed by atoms with Crippen molar-refractivity contribution < 1.29 is 28.6 Å². The summed E-state index contributed by atoms with van der Waals surface area (Å²) in [5, 5.41) is 14.3. The van der Waals surface area contributed by atoms with Gasteiger partial charge in [0.15, 0.2) is 0 Å². The Balaban J connectivity index is 1.79. The zero-order valence-corrected chi connectivity index (χ0v) is 22.5. The van der Waals surface area contributed by atoms with Crippen LogP contribution < -0.4 is 4.74 Å². The van der Waals surface area contributed by atoms with Gasteiger partial charge in [-0.3, -0.25) is 9.78 Å². The van der Waals surface area contributed by atoms with Gasteiger partial charge in [-0.2, -0.15) is 5.21 Å². The maximum atomic E-state index is 13.7. The third-order valence-electron chi connectivity index (χ3n) is 5.91. The molecule has 0 aliphatic carbocycles. The van der Waals surface area contributed by atoms with Crippen molar-refractivity contribution >= 4 is 17.7 Å². The molecular weight excluding hydrogens is 514 g/mol. The summed E-state index contributed by atoms with van der Waals surface area (Å²) in [6.45, 7) is 6.04. The standard InChI is InChI=1S/C29H29N5O6/c1-4-7-14-40-24-16-18(12-13-21(24)20-10-8-9-11-22(20)27-31-33-34-32-27)26(35)25-23(29(37)39-6-3)15-19(17-30-25)28(36)38-5-2/h8-13,15-17H,4-7,14H2,1-3H3,(H,31,32,33,34). The molecule has 2 aromatic carbocycles. The van der Waals surface area contributed by atoms with Crippen LogP contribution in [-0.4, -0.2) is 63.2 Å². The minimum absolute atomic E-state index is 0.0402. The number of rotatable bonds is 12. The highest BCUT2D eigenvalue weighted by Gasteiger charge is 2.25. The summed E-state index contributed by atoms with van der Waals surface area (Å²) in [6, 6.07) is 13.8. The van der Waals surface area contributed by atoms with Gasteiger partial charge in [0.1, 0.15) is 11.4 Å². The monoisotopic (exact) mass is 543 g/mol. The number of nitrogens with zero attached hydrogens (tertiary/aromatic N) is 4. The molecular formula is C29H29N5O6. The van der Waals surface area contributed by atoms with Gasteiger partial charge in [0.25, 0.3) is 0 Å². The molecule has 0 aliphatic rings. The second-order valence-corrected chi connectivity index (χ2v) is 8.58. The maximum absolute atomic E-state index is 13.7. The van der Waals surface area contributed by atoms with E-state index in [4.69, 9.17) is 14.2 Å². The Morgan fingerprint density at radius 2 is 1.60 bits per heavy atom. The highest BCUT2D eigenvalue weighted by Crippen LogP contribution is 2.37. The van der Waals surface area contributed by atoms with E-state index < -0.39 is 17.7 Å². The number of pyridine rings is 1. The Morgan fingerprint density at radius 1 is 0.850 bits per heavy atom. The number of hydrogen-bond acceptors (Lipinski definition) is 10. The van der Waals surface area contributed by atoms with Crippen molar-refractivity contribution in [3.05, 3.63) is 77.1 Å². The van der Waals surface area contributed by atoms with Gasteiger partial charge in [0, 0.05) is 22.9 Å². The molecule has 0 saturated carbocycles. The quantitative estimate of drug-likeness (QED) is 0.152. The molecule has 0 atom stereocenters. The van der Waals surface area contributed by atoms with Crippen LogP contribution in [0.2, 0.25) is 0 Å². The molecule has 11 heteroatoms. The molecule has 0 fully saturated rings. The molecule has 0 saturated heterocycles. The molecule has 4 rings (SSSR count). The molecule has 206 valence electrons.